The lowest BCUT2D eigenvalue weighted by Crippen LogP contribution is -2.30. The molecule has 0 saturated carbocycles. The minimum atomic E-state index is -4.88. The van der Waals surface area contributed by atoms with Gasteiger partial charge in [-0.2, -0.15) is 0 Å². The number of phosphoric acid groups is 2. The quantitative estimate of drug-likeness (QED) is 0.0145. The Bertz CT molecular complexity index is 1180. The fourth-order valence-corrected chi connectivity index (χ4v) is 7.11. The Morgan fingerprint density at radius 1 is 0.525 bits per heavy atom. The number of esters is 2. The van der Waals surface area contributed by atoms with Crippen molar-refractivity contribution in [1.29, 1.82) is 0 Å². The molecule has 348 valence electrons. The Morgan fingerprint density at radius 3 is 1.58 bits per heavy atom. The predicted octanol–water partition coefficient (Wildman–Crippen LogP) is 9.06. The Labute approximate surface area is 354 Å². The van der Waals surface area contributed by atoms with Crippen molar-refractivity contribution < 1.29 is 71.8 Å². The van der Waals surface area contributed by atoms with Gasteiger partial charge < -0.3 is 39.5 Å². The van der Waals surface area contributed by atoms with Gasteiger partial charge in [0, 0.05) is 12.8 Å². The highest BCUT2D eigenvalue weighted by Gasteiger charge is 2.28. The lowest BCUT2D eigenvalue weighted by atomic mass is 10.0. The second kappa shape index (κ2) is 38.2. The fraction of sp³-hybridized carbons (Fsp3) is 0.857. The van der Waals surface area contributed by atoms with E-state index in [1.54, 1.807) is 0 Å². The molecular weight excluding hydrogens is 806 g/mol. The molecule has 0 aliphatic heterocycles. The van der Waals surface area contributed by atoms with Gasteiger partial charge in [-0.05, 0) is 64.2 Å². The summed E-state index contributed by atoms with van der Waals surface area (Å²) in [5.74, 6) is -1.15. The number of ether oxygens (including phenoxy) is 2. The molecule has 6 N–H and O–H groups in total. The number of carbonyl (C=O) groups excluding carboxylic acids is 2. The van der Waals surface area contributed by atoms with Crippen molar-refractivity contribution in [3.05, 3.63) is 24.3 Å². The van der Waals surface area contributed by atoms with E-state index in [9.17, 15) is 38.9 Å². The Morgan fingerprint density at radius 2 is 0.983 bits per heavy atom. The predicted molar refractivity (Wildman–Crippen MR) is 228 cm³/mol. The molecule has 17 heteroatoms. The SMILES string of the molecule is CCCCC/C=C\C[C@@H](O)[C@H](O)CCCCCCCC(=O)OC[C@H](COP(=O)(O)OC[C@@H](O)COP(=O)(O)O)OC(=O)CCCCCCC/C=C\CCCCCCCC. The zero-order valence-electron chi connectivity index (χ0n) is 36.1. The van der Waals surface area contributed by atoms with Crippen molar-refractivity contribution in [3.8, 4) is 0 Å². The van der Waals surface area contributed by atoms with E-state index < -0.39 is 78.4 Å². The number of rotatable bonds is 42. The lowest BCUT2D eigenvalue weighted by Gasteiger charge is -2.20. The molecule has 15 nitrogen and oxygen atoms in total. The van der Waals surface area contributed by atoms with Crippen LogP contribution in [0.1, 0.15) is 181 Å². The van der Waals surface area contributed by atoms with Gasteiger partial charge in [-0.3, -0.25) is 23.2 Å². The van der Waals surface area contributed by atoms with Crippen LogP contribution in [-0.2, 0) is 41.8 Å². The summed E-state index contributed by atoms with van der Waals surface area (Å²) in [6.45, 7) is 1.52. The summed E-state index contributed by atoms with van der Waals surface area (Å²) in [4.78, 5) is 52.7. The maximum atomic E-state index is 12.7. The van der Waals surface area contributed by atoms with E-state index in [-0.39, 0.29) is 12.8 Å². The largest absolute Gasteiger partial charge is 0.472 e. The molecule has 1 unspecified atom stereocenters. The van der Waals surface area contributed by atoms with E-state index >= 15 is 0 Å². The molecule has 0 aromatic rings. The van der Waals surface area contributed by atoms with Gasteiger partial charge in [-0.15, -0.1) is 0 Å². The summed E-state index contributed by atoms with van der Waals surface area (Å²) in [6.07, 6.45) is 27.6. The maximum Gasteiger partial charge on any atom is 0.472 e. The molecule has 0 amide bonds. The van der Waals surface area contributed by atoms with Crippen molar-refractivity contribution in [2.45, 2.75) is 205 Å². The molecule has 0 fully saturated rings. The van der Waals surface area contributed by atoms with Crippen LogP contribution in [0.3, 0.4) is 0 Å². The molecule has 0 radical (unpaired) electrons. The number of hydrogen-bond donors (Lipinski definition) is 6. The van der Waals surface area contributed by atoms with Crippen LogP contribution in [0, 0.1) is 0 Å². The van der Waals surface area contributed by atoms with Crippen LogP contribution in [0.4, 0.5) is 0 Å². The zero-order chi connectivity index (χ0) is 44.0. The van der Waals surface area contributed by atoms with E-state index in [4.69, 9.17) is 23.8 Å². The maximum absolute atomic E-state index is 12.7. The van der Waals surface area contributed by atoms with Crippen molar-refractivity contribution in [1.82, 2.24) is 0 Å². The standard InChI is InChI=1S/C42H80O15P2/c1-3-5-7-9-11-12-13-14-15-16-17-18-19-23-28-32-42(47)57-38(36-56-59(51,52)55-34-37(43)33-54-58(48,49)50)35-53-41(46)31-27-24-20-22-26-30-40(45)39(44)29-25-21-10-8-6-4-2/h14-15,21,25,37-40,43-45H,3-13,16-20,22-24,26-36H2,1-2H3,(H,51,52)(H2,48,49,50)/b15-14-,25-21-/t37-,38+,39+,40+/m0/s1. The van der Waals surface area contributed by atoms with E-state index in [0.29, 0.717) is 25.7 Å². The number of allylic oxidation sites excluding steroid dienone is 3. The highest BCUT2D eigenvalue weighted by molar-refractivity contribution is 7.47. The average Bonchev–Trinajstić information content (AvgIpc) is 3.19. The first-order valence-corrected chi connectivity index (χ1v) is 25.2. The topological polar surface area (TPSA) is 236 Å². The highest BCUT2D eigenvalue weighted by atomic mass is 31.2. The molecule has 0 aromatic heterocycles. The van der Waals surface area contributed by atoms with Gasteiger partial charge in [0.05, 0.1) is 32.0 Å². The first-order valence-electron chi connectivity index (χ1n) is 22.2. The molecule has 0 rings (SSSR count). The van der Waals surface area contributed by atoms with Gasteiger partial charge >= 0.3 is 27.6 Å². The summed E-state index contributed by atoms with van der Waals surface area (Å²) in [5.41, 5.74) is 0. The van der Waals surface area contributed by atoms with Crippen LogP contribution >= 0.6 is 15.6 Å². The Kier molecular flexibility index (Phi) is 37.3. The summed E-state index contributed by atoms with van der Waals surface area (Å²) in [6, 6.07) is 0. The molecule has 0 heterocycles. The van der Waals surface area contributed by atoms with Crippen LogP contribution in [0.25, 0.3) is 0 Å². The molecule has 5 atom stereocenters. The summed E-state index contributed by atoms with van der Waals surface area (Å²) >= 11 is 0. The second-order valence-electron chi connectivity index (χ2n) is 15.3. The summed E-state index contributed by atoms with van der Waals surface area (Å²) < 4.78 is 47.7. The van der Waals surface area contributed by atoms with Crippen molar-refractivity contribution in [2.24, 2.45) is 0 Å². The molecule has 59 heavy (non-hydrogen) atoms. The van der Waals surface area contributed by atoms with Crippen LogP contribution in [-0.4, -0.2) is 92.8 Å². The summed E-state index contributed by atoms with van der Waals surface area (Å²) in [5, 5.41) is 30.2. The average molecular weight is 887 g/mol. The minimum absolute atomic E-state index is 0.0911. The van der Waals surface area contributed by atoms with Crippen LogP contribution in [0.15, 0.2) is 24.3 Å². The van der Waals surface area contributed by atoms with Gasteiger partial charge in [0.15, 0.2) is 6.10 Å². The Balaban J connectivity index is 4.63. The minimum Gasteiger partial charge on any atom is -0.462 e. The van der Waals surface area contributed by atoms with E-state index in [2.05, 4.69) is 41.1 Å². The lowest BCUT2D eigenvalue weighted by molar-refractivity contribution is -0.161. The zero-order valence-corrected chi connectivity index (χ0v) is 37.9. The third-order valence-electron chi connectivity index (χ3n) is 9.50. The number of hydrogen-bond acceptors (Lipinski definition) is 12. The normalized spacial score (nSPS) is 15.3. The molecule has 0 aliphatic carbocycles. The van der Waals surface area contributed by atoms with E-state index in [1.165, 1.54) is 44.9 Å². The number of phosphoric ester groups is 2. The van der Waals surface area contributed by atoms with E-state index in [1.807, 2.05) is 6.08 Å². The van der Waals surface area contributed by atoms with Gasteiger partial charge in [0.2, 0.25) is 0 Å². The molecule has 0 aromatic carbocycles. The monoisotopic (exact) mass is 886 g/mol. The van der Waals surface area contributed by atoms with Crippen molar-refractivity contribution in [2.75, 3.05) is 26.4 Å². The molecule has 0 spiro atoms. The third-order valence-corrected chi connectivity index (χ3v) is 10.9. The van der Waals surface area contributed by atoms with Gasteiger partial charge in [-0.25, -0.2) is 9.13 Å². The molecule has 0 saturated heterocycles. The third kappa shape index (κ3) is 40.4. The highest BCUT2D eigenvalue weighted by Crippen LogP contribution is 2.43. The number of unbranched alkanes of at least 4 members (excludes halogenated alkanes) is 18. The van der Waals surface area contributed by atoms with Gasteiger partial charge in [0.25, 0.3) is 0 Å². The second-order valence-corrected chi connectivity index (χ2v) is 18.0. The Hall–Kier alpha value is -1.48. The summed E-state index contributed by atoms with van der Waals surface area (Å²) in [7, 11) is -9.72. The fourth-order valence-electron chi connectivity index (χ4n) is 5.95. The van der Waals surface area contributed by atoms with E-state index in [0.717, 1.165) is 83.5 Å². The van der Waals surface area contributed by atoms with Gasteiger partial charge in [-0.1, -0.05) is 128 Å². The smallest absolute Gasteiger partial charge is 0.462 e. The molecule has 0 aliphatic rings. The number of aliphatic hydroxyl groups is 3. The number of aliphatic hydroxyl groups excluding tert-OH is 3. The van der Waals surface area contributed by atoms with Crippen LogP contribution < -0.4 is 0 Å². The first kappa shape index (κ1) is 57.5. The van der Waals surface area contributed by atoms with Crippen LogP contribution in [0.2, 0.25) is 0 Å². The molecule has 0 bridgehead atoms. The first-order chi connectivity index (χ1) is 28.2. The molecular formula is C42H80O15P2. The van der Waals surface area contributed by atoms with Crippen molar-refractivity contribution >= 4 is 27.6 Å². The van der Waals surface area contributed by atoms with Gasteiger partial charge in [0.1, 0.15) is 12.7 Å². The number of carbonyl (C=O) groups is 2. The van der Waals surface area contributed by atoms with Crippen LogP contribution in [0.5, 0.6) is 0 Å². The van der Waals surface area contributed by atoms with Crippen molar-refractivity contribution in [3.63, 3.8) is 0 Å².